The van der Waals surface area contributed by atoms with Crippen LogP contribution in [-0.2, 0) is 17.9 Å². The van der Waals surface area contributed by atoms with Crippen molar-refractivity contribution >= 4 is 11.6 Å². The standard InChI is InChI=1S/C25H29N3O4/c1-17-11-18(2)13-22(12-17)31-16-23-19(3)32-27-24(23)25(29)26-21-6-4-5-20(14-21)15-28-7-9-30-10-8-28/h4-6,11-14H,7-10,15-16H2,1-3H3,(H,26,29). The molecule has 0 bridgehead atoms. The van der Waals surface area contributed by atoms with Crippen molar-refractivity contribution in [2.45, 2.75) is 33.9 Å². The van der Waals surface area contributed by atoms with Crippen molar-refractivity contribution in [3.63, 3.8) is 0 Å². The number of anilines is 1. The fraction of sp³-hybridized carbons (Fsp3) is 0.360. The van der Waals surface area contributed by atoms with Crippen LogP contribution in [0.25, 0.3) is 0 Å². The fourth-order valence-electron chi connectivity index (χ4n) is 3.87. The molecule has 3 aromatic rings. The predicted octanol–water partition coefficient (Wildman–Crippen LogP) is 4.26. The number of nitrogens with zero attached hydrogens (tertiary/aromatic N) is 2. The number of aryl methyl sites for hydroxylation is 3. The van der Waals surface area contributed by atoms with Crippen LogP contribution < -0.4 is 10.1 Å². The molecule has 0 spiro atoms. The Labute approximate surface area is 188 Å². The zero-order chi connectivity index (χ0) is 22.5. The Balaban J connectivity index is 1.43. The highest BCUT2D eigenvalue weighted by molar-refractivity contribution is 6.03. The molecular weight excluding hydrogens is 406 g/mol. The summed E-state index contributed by atoms with van der Waals surface area (Å²) in [7, 11) is 0. The maximum Gasteiger partial charge on any atom is 0.278 e. The predicted molar refractivity (Wildman–Crippen MR) is 122 cm³/mol. The number of rotatable bonds is 7. The summed E-state index contributed by atoms with van der Waals surface area (Å²) in [5, 5.41) is 6.93. The van der Waals surface area contributed by atoms with Gasteiger partial charge in [-0.2, -0.15) is 0 Å². The van der Waals surface area contributed by atoms with Gasteiger partial charge in [0.05, 0.1) is 18.8 Å². The number of aromatic nitrogens is 1. The van der Waals surface area contributed by atoms with E-state index in [1.807, 2.05) is 44.2 Å². The maximum absolute atomic E-state index is 13.0. The summed E-state index contributed by atoms with van der Waals surface area (Å²) in [6.07, 6.45) is 0. The molecule has 2 aromatic carbocycles. The molecule has 4 rings (SSSR count). The average Bonchev–Trinajstić information content (AvgIpc) is 3.13. The molecule has 1 amide bonds. The lowest BCUT2D eigenvalue weighted by Crippen LogP contribution is -2.35. The Kier molecular flexibility index (Phi) is 6.87. The van der Waals surface area contributed by atoms with Gasteiger partial charge in [0.25, 0.3) is 5.91 Å². The molecule has 0 atom stereocenters. The van der Waals surface area contributed by atoms with Gasteiger partial charge in [0.15, 0.2) is 5.69 Å². The van der Waals surface area contributed by atoms with Crippen LogP contribution in [0.2, 0.25) is 0 Å². The number of benzene rings is 2. The van der Waals surface area contributed by atoms with Crippen LogP contribution in [-0.4, -0.2) is 42.3 Å². The van der Waals surface area contributed by atoms with Crippen molar-refractivity contribution in [2.24, 2.45) is 0 Å². The van der Waals surface area contributed by atoms with Gasteiger partial charge in [-0.3, -0.25) is 9.69 Å². The van der Waals surface area contributed by atoms with Crippen LogP contribution in [0.3, 0.4) is 0 Å². The smallest absolute Gasteiger partial charge is 0.278 e. The number of amides is 1. The number of ether oxygens (including phenoxy) is 2. The lowest BCUT2D eigenvalue weighted by Gasteiger charge is -2.26. The molecule has 1 aromatic heterocycles. The maximum atomic E-state index is 13.0. The number of carbonyl (C=O) groups is 1. The topological polar surface area (TPSA) is 76.8 Å². The highest BCUT2D eigenvalue weighted by Crippen LogP contribution is 2.22. The molecule has 168 valence electrons. The molecule has 0 aliphatic carbocycles. The third-order valence-corrected chi connectivity index (χ3v) is 5.47. The third-order valence-electron chi connectivity index (χ3n) is 5.47. The minimum absolute atomic E-state index is 0.206. The van der Waals surface area contributed by atoms with E-state index in [1.165, 1.54) is 0 Å². The van der Waals surface area contributed by atoms with Crippen LogP contribution >= 0.6 is 0 Å². The van der Waals surface area contributed by atoms with E-state index in [4.69, 9.17) is 14.0 Å². The molecule has 32 heavy (non-hydrogen) atoms. The Morgan fingerprint density at radius 2 is 1.84 bits per heavy atom. The van der Waals surface area contributed by atoms with Crippen molar-refractivity contribution in [2.75, 3.05) is 31.6 Å². The van der Waals surface area contributed by atoms with Gasteiger partial charge in [-0.15, -0.1) is 0 Å². The van der Waals surface area contributed by atoms with Gasteiger partial charge in [0, 0.05) is 25.3 Å². The lowest BCUT2D eigenvalue weighted by atomic mass is 10.1. The van der Waals surface area contributed by atoms with Gasteiger partial charge < -0.3 is 19.3 Å². The van der Waals surface area contributed by atoms with Crippen molar-refractivity contribution < 1.29 is 18.8 Å². The van der Waals surface area contributed by atoms with Gasteiger partial charge in [-0.25, -0.2) is 0 Å². The van der Waals surface area contributed by atoms with E-state index in [2.05, 4.69) is 27.5 Å². The van der Waals surface area contributed by atoms with Crippen molar-refractivity contribution in [1.82, 2.24) is 10.1 Å². The van der Waals surface area contributed by atoms with Crippen LogP contribution in [0, 0.1) is 20.8 Å². The molecule has 1 aliphatic heterocycles. The van der Waals surface area contributed by atoms with E-state index in [0.29, 0.717) is 11.3 Å². The zero-order valence-electron chi connectivity index (χ0n) is 18.8. The molecule has 0 radical (unpaired) electrons. The van der Waals surface area contributed by atoms with Crippen molar-refractivity contribution in [1.29, 1.82) is 0 Å². The summed E-state index contributed by atoms with van der Waals surface area (Å²) >= 11 is 0. The monoisotopic (exact) mass is 435 g/mol. The van der Waals surface area contributed by atoms with Gasteiger partial charge in [0.2, 0.25) is 0 Å². The number of hydrogen-bond donors (Lipinski definition) is 1. The molecule has 7 heteroatoms. The molecular formula is C25H29N3O4. The fourth-order valence-corrected chi connectivity index (χ4v) is 3.87. The summed E-state index contributed by atoms with van der Waals surface area (Å²) < 4.78 is 16.7. The summed E-state index contributed by atoms with van der Waals surface area (Å²) in [4.78, 5) is 15.3. The van der Waals surface area contributed by atoms with Gasteiger partial charge >= 0.3 is 0 Å². The second-order valence-corrected chi connectivity index (χ2v) is 8.22. The number of nitrogens with one attached hydrogen (secondary N) is 1. The minimum Gasteiger partial charge on any atom is -0.489 e. The van der Waals surface area contributed by atoms with E-state index in [-0.39, 0.29) is 18.2 Å². The van der Waals surface area contributed by atoms with E-state index < -0.39 is 0 Å². The molecule has 1 N–H and O–H groups in total. The van der Waals surface area contributed by atoms with Gasteiger partial charge in [-0.05, 0) is 61.7 Å². The Bertz CT molecular complexity index is 1070. The zero-order valence-corrected chi connectivity index (χ0v) is 18.8. The number of hydrogen-bond acceptors (Lipinski definition) is 6. The molecule has 1 fully saturated rings. The van der Waals surface area contributed by atoms with Crippen molar-refractivity contribution in [3.05, 3.63) is 76.2 Å². The Morgan fingerprint density at radius 3 is 2.59 bits per heavy atom. The first-order valence-electron chi connectivity index (χ1n) is 10.8. The number of morpholine rings is 1. The molecule has 0 saturated carbocycles. The van der Waals surface area contributed by atoms with Crippen LogP contribution in [0.15, 0.2) is 47.0 Å². The van der Waals surface area contributed by atoms with E-state index >= 15 is 0 Å². The minimum atomic E-state index is -0.315. The highest BCUT2D eigenvalue weighted by Gasteiger charge is 2.21. The number of carbonyl (C=O) groups excluding carboxylic acids is 1. The van der Waals surface area contributed by atoms with Crippen LogP contribution in [0.4, 0.5) is 5.69 Å². The first-order valence-corrected chi connectivity index (χ1v) is 10.8. The lowest BCUT2D eigenvalue weighted by molar-refractivity contribution is 0.0342. The molecule has 1 saturated heterocycles. The first-order chi connectivity index (χ1) is 15.5. The summed E-state index contributed by atoms with van der Waals surface area (Å²) in [5.41, 5.74) is 4.99. The summed E-state index contributed by atoms with van der Waals surface area (Å²) in [6, 6.07) is 13.9. The second kappa shape index (κ2) is 9.97. The van der Waals surface area contributed by atoms with Gasteiger partial charge in [0.1, 0.15) is 18.1 Å². The largest absolute Gasteiger partial charge is 0.489 e. The first kappa shape index (κ1) is 22.0. The highest BCUT2D eigenvalue weighted by atomic mass is 16.5. The van der Waals surface area contributed by atoms with Crippen LogP contribution in [0.1, 0.15) is 38.5 Å². The second-order valence-electron chi connectivity index (χ2n) is 8.22. The Morgan fingerprint density at radius 1 is 1.09 bits per heavy atom. The van der Waals surface area contributed by atoms with E-state index in [9.17, 15) is 4.79 Å². The summed E-state index contributed by atoms with van der Waals surface area (Å²) in [6.45, 7) is 10.2. The molecule has 7 nitrogen and oxygen atoms in total. The van der Waals surface area contributed by atoms with E-state index in [0.717, 1.165) is 61.0 Å². The SMILES string of the molecule is Cc1cc(C)cc(OCc2c(C(=O)Nc3cccc(CN4CCOCC4)c3)noc2C)c1. The van der Waals surface area contributed by atoms with Crippen LogP contribution in [0.5, 0.6) is 5.75 Å². The van der Waals surface area contributed by atoms with Crippen molar-refractivity contribution in [3.8, 4) is 5.75 Å². The molecule has 1 aliphatic rings. The summed E-state index contributed by atoms with van der Waals surface area (Å²) in [5.74, 6) is 1.01. The quantitative estimate of drug-likeness (QED) is 0.598. The van der Waals surface area contributed by atoms with E-state index in [1.54, 1.807) is 6.92 Å². The molecule has 2 heterocycles. The Hall–Kier alpha value is -3.16. The normalized spacial score (nSPS) is 14.3. The third kappa shape index (κ3) is 5.55. The molecule has 0 unspecified atom stereocenters. The van der Waals surface area contributed by atoms with Gasteiger partial charge in [-0.1, -0.05) is 23.4 Å². The average molecular weight is 436 g/mol.